The molecule has 0 unspecified atom stereocenters. The predicted octanol–water partition coefficient (Wildman–Crippen LogP) is 1.30. The Morgan fingerprint density at radius 3 is 2.93 bits per heavy atom. The van der Waals surface area contributed by atoms with Crippen LogP contribution in [0.1, 0.15) is 12.0 Å². The first-order valence-electron chi connectivity index (χ1n) is 4.86. The average Bonchev–Trinajstić information content (AvgIpc) is 1.99. The number of nitrogens with one attached hydrogen (secondary N) is 2. The molecule has 1 aliphatic rings. The van der Waals surface area contributed by atoms with Crippen molar-refractivity contribution in [1.82, 2.24) is 5.32 Å². The third-order valence-electron chi connectivity index (χ3n) is 2.43. The second kappa shape index (κ2) is 3.80. The predicted molar refractivity (Wildman–Crippen MR) is 56.2 cm³/mol. The molecule has 3 nitrogen and oxygen atoms in total. The lowest BCUT2D eigenvalue weighted by atomic mass is 10.1. The topological polar surface area (TPSA) is 41.1 Å². The second-order valence-corrected chi connectivity index (χ2v) is 3.65. The number of amides is 1. The molecular weight excluding hydrogens is 176 g/mol. The van der Waals surface area contributed by atoms with Crippen molar-refractivity contribution in [1.29, 1.82) is 0 Å². The van der Waals surface area contributed by atoms with E-state index >= 15 is 0 Å². The number of aryl methyl sites for hydroxylation is 1. The summed E-state index contributed by atoms with van der Waals surface area (Å²) in [6, 6.07) is 7.84. The standard InChI is InChI=1S/C11H14N2O/c1-8-3-2-4-9(7-8)13-11(14)10-5-6-12-10/h2-4,7,10,12H,5-6H2,1H3,(H,13,14)/t10-/m1/s1. The number of rotatable bonds is 2. The molecular formula is C11H14N2O. The van der Waals surface area contributed by atoms with Crippen LogP contribution >= 0.6 is 0 Å². The molecule has 1 aliphatic heterocycles. The summed E-state index contributed by atoms with van der Waals surface area (Å²) in [5, 5.41) is 5.95. The molecule has 1 saturated heterocycles. The van der Waals surface area contributed by atoms with Gasteiger partial charge in [0.15, 0.2) is 0 Å². The normalized spacial score (nSPS) is 19.9. The summed E-state index contributed by atoms with van der Waals surface area (Å²) >= 11 is 0. The van der Waals surface area contributed by atoms with Crippen LogP contribution < -0.4 is 10.6 Å². The minimum atomic E-state index is 0.00973. The highest BCUT2D eigenvalue weighted by molar-refractivity contribution is 5.95. The Morgan fingerprint density at radius 1 is 1.57 bits per heavy atom. The van der Waals surface area contributed by atoms with Gasteiger partial charge in [0.1, 0.15) is 0 Å². The van der Waals surface area contributed by atoms with E-state index in [2.05, 4.69) is 10.6 Å². The van der Waals surface area contributed by atoms with E-state index in [1.807, 2.05) is 31.2 Å². The fourth-order valence-electron chi connectivity index (χ4n) is 1.46. The first kappa shape index (κ1) is 9.21. The fraction of sp³-hybridized carbons (Fsp3) is 0.364. The van der Waals surface area contributed by atoms with Crippen LogP contribution in [0.4, 0.5) is 5.69 Å². The minimum Gasteiger partial charge on any atom is -0.325 e. The third-order valence-corrected chi connectivity index (χ3v) is 2.43. The van der Waals surface area contributed by atoms with Crippen LogP contribution in [0.25, 0.3) is 0 Å². The van der Waals surface area contributed by atoms with E-state index in [4.69, 9.17) is 0 Å². The van der Waals surface area contributed by atoms with Crippen molar-refractivity contribution in [2.45, 2.75) is 19.4 Å². The number of carbonyl (C=O) groups excluding carboxylic acids is 1. The highest BCUT2D eigenvalue weighted by Crippen LogP contribution is 2.11. The van der Waals surface area contributed by atoms with Crippen LogP contribution in [0.5, 0.6) is 0 Å². The average molecular weight is 190 g/mol. The summed E-state index contributed by atoms with van der Waals surface area (Å²) in [6.07, 6.45) is 0.942. The molecule has 0 aromatic heterocycles. The Bertz CT molecular complexity index is 345. The van der Waals surface area contributed by atoms with Gasteiger partial charge in [-0.2, -0.15) is 0 Å². The van der Waals surface area contributed by atoms with Crippen molar-refractivity contribution in [2.24, 2.45) is 0 Å². The van der Waals surface area contributed by atoms with Crippen molar-refractivity contribution in [2.75, 3.05) is 11.9 Å². The summed E-state index contributed by atoms with van der Waals surface area (Å²) < 4.78 is 0. The van der Waals surface area contributed by atoms with Crippen LogP contribution in [0, 0.1) is 6.92 Å². The molecule has 1 aromatic rings. The van der Waals surface area contributed by atoms with Gasteiger partial charge in [0, 0.05) is 5.69 Å². The highest BCUT2D eigenvalue weighted by atomic mass is 16.2. The molecule has 0 radical (unpaired) electrons. The van der Waals surface area contributed by atoms with Crippen molar-refractivity contribution >= 4 is 11.6 Å². The Hall–Kier alpha value is -1.35. The van der Waals surface area contributed by atoms with Gasteiger partial charge in [-0.1, -0.05) is 12.1 Å². The van der Waals surface area contributed by atoms with Crippen molar-refractivity contribution < 1.29 is 4.79 Å². The van der Waals surface area contributed by atoms with Gasteiger partial charge in [0.05, 0.1) is 6.04 Å². The number of benzene rings is 1. The van der Waals surface area contributed by atoms with Crippen molar-refractivity contribution in [3.63, 3.8) is 0 Å². The molecule has 1 amide bonds. The Balaban J connectivity index is 1.99. The molecule has 14 heavy (non-hydrogen) atoms. The van der Waals surface area contributed by atoms with Gasteiger partial charge in [0.2, 0.25) is 5.91 Å². The summed E-state index contributed by atoms with van der Waals surface area (Å²) in [4.78, 5) is 11.5. The summed E-state index contributed by atoms with van der Waals surface area (Å²) in [7, 11) is 0. The van der Waals surface area contributed by atoms with Gasteiger partial charge in [-0.25, -0.2) is 0 Å². The van der Waals surface area contributed by atoms with Crippen LogP contribution in [0.3, 0.4) is 0 Å². The minimum absolute atomic E-state index is 0.00973. The van der Waals surface area contributed by atoms with Crippen LogP contribution in [-0.4, -0.2) is 18.5 Å². The number of carbonyl (C=O) groups is 1. The molecule has 74 valence electrons. The van der Waals surface area contributed by atoms with E-state index < -0.39 is 0 Å². The second-order valence-electron chi connectivity index (χ2n) is 3.65. The maximum Gasteiger partial charge on any atom is 0.241 e. The molecule has 1 fully saturated rings. The van der Waals surface area contributed by atoms with E-state index in [1.54, 1.807) is 0 Å². The lowest BCUT2D eigenvalue weighted by Gasteiger charge is -2.26. The van der Waals surface area contributed by atoms with E-state index in [1.165, 1.54) is 0 Å². The van der Waals surface area contributed by atoms with E-state index in [0.717, 1.165) is 24.2 Å². The molecule has 3 heteroatoms. The number of hydrogen-bond acceptors (Lipinski definition) is 2. The molecule has 2 rings (SSSR count). The van der Waals surface area contributed by atoms with Gasteiger partial charge >= 0.3 is 0 Å². The SMILES string of the molecule is Cc1cccc(NC(=O)[C@H]2CCN2)c1. The maximum atomic E-state index is 11.5. The molecule has 0 aliphatic carbocycles. The Labute approximate surface area is 83.5 Å². The quantitative estimate of drug-likeness (QED) is 0.738. The summed E-state index contributed by atoms with van der Waals surface area (Å²) in [5.74, 6) is 0.0712. The van der Waals surface area contributed by atoms with Gasteiger partial charge < -0.3 is 10.6 Å². The largest absolute Gasteiger partial charge is 0.325 e. The first-order valence-corrected chi connectivity index (χ1v) is 4.86. The monoisotopic (exact) mass is 190 g/mol. The first-order chi connectivity index (χ1) is 6.75. The lowest BCUT2D eigenvalue weighted by Crippen LogP contribution is -2.50. The lowest BCUT2D eigenvalue weighted by molar-refractivity contribution is -0.119. The zero-order valence-corrected chi connectivity index (χ0v) is 8.21. The van der Waals surface area contributed by atoms with E-state index in [-0.39, 0.29) is 11.9 Å². The van der Waals surface area contributed by atoms with Crippen LogP contribution in [0.2, 0.25) is 0 Å². The van der Waals surface area contributed by atoms with E-state index in [9.17, 15) is 4.79 Å². The highest BCUT2D eigenvalue weighted by Gasteiger charge is 2.24. The number of hydrogen-bond donors (Lipinski definition) is 2. The summed E-state index contributed by atoms with van der Waals surface area (Å²) in [5.41, 5.74) is 2.04. The van der Waals surface area contributed by atoms with Gasteiger partial charge in [0.25, 0.3) is 0 Å². The molecule has 1 aromatic carbocycles. The smallest absolute Gasteiger partial charge is 0.241 e. The van der Waals surface area contributed by atoms with Crippen LogP contribution in [0.15, 0.2) is 24.3 Å². The fourth-order valence-corrected chi connectivity index (χ4v) is 1.46. The zero-order valence-electron chi connectivity index (χ0n) is 8.21. The van der Waals surface area contributed by atoms with Crippen LogP contribution in [-0.2, 0) is 4.79 Å². The van der Waals surface area contributed by atoms with Gasteiger partial charge in [-0.15, -0.1) is 0 Å². The molecule has 0 bridgehead atoms. The third kappa shape index (κ3) is 1.93. The summed E-state index contributed by atoms with van der Waals surface area (Å²) in [6.45, 7) is 2.96. The van der Waals surface area contributed by atoms with E-state index in [0.29, 0.717) is 0 Å². The van der Waals surface area contributed by atoms with Crippen molar-refractivity contribution in [3.8, 4) is 0 Å². The molecule has 1 atom stereocenters. The molecule has 0 saturated carbocycles. The Morgan fingerprint density at radius 2 is 2.36 bits per heavy atom. The zero-order chi connectivity index (χ0) is 9.97. The Kier molecular flexibility index (Phi) is 2.50. The molecule has 2 N–H and O–H groups in total. The van der Waals surface area contributed by atoms with Gasteiger partial charge in [-0.05, 0) is 37.6 Å². The molecule has 0 spiro atoms. The number of anilines is 1. The maximum absolute atomic E-state index is 11.5. The van der Waals surface area contributed by atoms with Crippen molar-refractivity contribution in [3.05, 3.63) is 29.8 Å². The van der Waals surface area contributed by atoms with Gasteiger partial charge in [-0.3, -0.25) is 4.79 Å². The molecule has 1 heterocycles.